The first kappa shape index (κ1) is 14.5. The molecule has 21 heavy (non-hydrogen) atoms. The number of nitrogens with zero attached hydrogens (tertiary/aromatic N) is 2. The van der Waals surface area contributed by atoms with Crippen LogP contribution in [-0.4, -0.2) is 29.3 Å². The van der Waals surface area contributed by atoms with Crippen molar-refractivity contribution in [2.45, 2.75) is 38.1 Å². The molecule has 114 valence electrons. The fourth-order valence-electron chi connectivity index (χ4n) is 3.26. The third-order valence-electron chi connectivity index (χ3n) is 4.50. The molecule has 1 aromatic heterocycles. The van der Waals surface area contributed by atoms with Gasteiger partial charge in [-0.1, -0.05) is 6.07 Å². The molecule has 2 N–H and O–H groups in total. The monoisotopic (exact) mass is 291 g/mol. The van der Waals surface area contributed by atoms with Crippen molar-refractivity contribution in [3.05, 3.63) is 29.8 Å². The minimum Gasteiger partial charge on any atom is -0.381 e. The van der Waals surface area contributed by atoms with Gasteiger partial charge in [-0.2, -0.15) is 0 Å². The molecule has 2 heterocycles. The van der Waals surface area contributed by atoms with E-state index in [4.69, 9.17) is 10.5 Å². The second-order valence-corrected chi connectivity index (χ2v) is 6.10. The normalized spacial score (nSPS) is 18.5. The summed E-state index contributed by atoms with van der Waals surface area (Å²) in [5.41, 5.74) is 7.17. The van der Waals surface area contributed by atoms with Crippen LogP contribution in [0.3, 0.4) is 0 Å². The topological polar surface area (TPSA) is 53.1 Å². The molecule has 1 fully saturated rings. The number of hydrogen-bond acceptors (Lipinski definition) is 3. The maximum atomic E-state index is 14.1. The number of rotatable bonds is 3. The molecule has 1 aliphatic rings. The van der Waals surface area contributed by atoms with Crippen LogP contribution in [0.15, 0.2) is 18.2 Å². The van der Waals surface area contributed by atoms with Gasteiger partial charge < -0.3 is 15.0 Å². The van der Waals surface area contributed by atoms with Crippen molar-refractivity contribution in [1.82, 2.24) is 9.55 Å². The molecular formula is C16H22FN3O. The van der Waals surface area contributed by atoms with Gasteiger partial charge in [-0.15, -0.1) is 0 Å². The molecule has 1 saturated heterocycles. The lowest BCUT2D eigenvalue weighted by atomic mass is 9.79. The van der Waals surface area contributed by atoms with Crippen LogP contribution < -0.4 is 5.73 Å². The highest BCUT2D eigenvalue weighted by molar-refractivity contribution is 5.77. The zero-order chi connectivity index (χ0) is 15.0. The molecule has 0 spiro atoms. The Morgan fingerprint density at radius 2 is 2.10 bits per heavy atom. The van der Waals surface area contributed by atoms with Crippen molar-refractivity contribution in [2.75, 3.05) is 19.8 Å². The highest BCUT2D eigenvalue weighted by Gasteiger charge is 2.38. The fourth-order valence-corrected chi connectivity index (χ4v) is 3.26. The number of benzene rings is 1. The lowest BCUT2D eigenvalue weighted by Gasteiger charge is -2.36. The lowest BCUT2D eigenvalue weighted by Crippen LogP contribution is -2.43. The van der Waals surface area contributed by atoms with Gasteiger partial charge in [0.25, 0.3) is 0 Å². The van der Waals surface area contributed by atoms with Gasteiger partial charge in [0, 0.05) is 31.2 Å². The predicted molar refractivity (Wildman–Crippen MR) is 80.9 cm³/mol. The molecule has 4 nitrogen and oxygen atoms in total. The molecule has 0 bridgehead atoms. The Morgan fingerprint density at radius 3 is 2.71 bits per heavy atom. The summed E-state index contributed by atoms with van der Waals surface area (Å²) in [5, 5.41) is 0. The fraction of sp³-hybridized carbons (Fsp3) is 0.562. The highest BCUT2D eigenvalue weighted by Crippen LogP contribution is 2.37. The highest BCUT2D eigenvalue weighted by atomic mass is 19.1. The summed E-state index contributed by atoms with van der Waals surface area (Å²) in [5.74, 6) is 0.635. The van der Waals surface area contributed by atoms with Crippen LogP contribution in [0.4, 0.5) is 4.39 Å². The number of para-hydroxylation sites is 1. The first-order chi connectivity index (χ1) is 10.1. The van der Waals surface area contributed by atoms with E-state index in [0.29, 0.717) is 25.3 Å². The molecule has 0 radical (unpaired) electrons. The minimum absolute atomic E-state index is 0.207. The van der Waals surface area contributed by atoms with Crippen molar-refractivity contribution >= 4 is 11.0 Å². The molecule has 2 aromatic rings. The molecule has 0 amide bonds. The van der Waals surface area contributed by atoms with Crippen molar-refractivity contribution in [3.63, 3.8) is 0 Å². The van der Waals surface area contributed by atoms with Crippen LogP contribution in [0.2, 0.25) is 0 Å². The van der Waals surface area contributed by atoms with E-state index in [1.54, 1.807) is 6.07 Å². The Labute approximate surface area is 124 Å². The first-order valence-corrected chi connectivity index (χ1v) is 7.54. The van der Waals surface area contributed by atoms with Crippen LogP contribution in [0.5, 0.6) is 0 Å². The number of aromatic nitrogens is 2. The third-order valence-corrected chi connectivity index (χ3v) is 4.50. The Morgan fingerprint density at radius 1 is 1.38 bits per heavy atom. The molecule has 0 atom stereocenters. The van der Waals surface area contributed by atoms with Crippen LogP contribution in [-0.2, 0) is 10.2 Å². The van der Waals surface area contributed by atoms with E-state index in [2.05, 4.69) is 23.4 Å². The van der Waals surface area contributed by atoms with Gasteiger partial charge in [0.2, 0.25) is 0 Å². The van der Waals surface area contributed by atoms with E-state index in [0.717, 1.165) is 24.2 Å². The molecule has 0 aliphatic carbocycles. The predicted octanol–water partition coefficient (Wildman–Crippen LogP) is 2.76. The summed E-state index contributed by atoms with van der Waals surface area (Å²) in [6.45, 7) is 6.06. The Bertz CT molecular complexity index is 644. The van der Waals surface area contributed by atoms with Crippen molar-refractivity contribution < 1.29 is 9.13 Å². The van der Waals surface area contributed by atoms with Crippen LogP contribution in [0.1, 0.15) is 38.6 Å². The summed E-state index contributed by atoms with van der Waals surface area (Å²) in [6.07, 6.45) is 1.67. The van der Waals surface area contributed by atoms with Crippen molar-refractivity contribution in [2.24, 2.45) is 5.73 Å². The second kappa shape index (κ2) is 5.39. The molecule has 1 aromatic carbocycles. The van der Waals surface area contributed by atoms with E-state index >= 15 is 0 Å². The largest absolute Gasteiger partial charge is 0.381 e. The minimum atomic E-state index is -0.271. The van der Waals surface area contributed by atoms with E-state index in [-0.39, 0.29) is 17.3 Å². The lowest BCUT2D eigenvalue weighted by molar-refractivity contribution is 0.0485. The quantitative estimate of drug-likeness (QED) is 0.946. The molecule has 5 heteroatoms. The Balaban J connectivity index is 2.25. The maximum absolute atomic E-state index is 14.1. The number of fused-ring (bicyclic) bond motifs is 1. The van der Waals surface area contributed by atoms with Gasteiger partial charge >= 0.3 is 0 Å². The second-order valence-electron chi connectivity index (χ2n) is 6.10. The zero-order valence-corrected chi connectivity index (χ0v) is 12.6. The van der Waals surface area contributed by atoms with Crippen molar-refractivity contribution in [1.29, 1.82) is 0 Å². The molecule has 1 aliphatic heterocycles. The molecule has 0 saturated carbocycles. The summed E-state index contributed by atoms with van der Waals surface area (Å²) in [4.78, 5) is 4.65. The molecular weight excluding hydrogens is 269 g/mol. The average Bonchev–Trinajstić information content (AvgIpc) is 2.89. The van der Waals surface area contributed by atoms with Crippen molar-refractivity contribution in [3.8, 4) is 0 Å². The Hall–Kier alpha value is -1.46. The van der Waals surface area contributed by atoms with Gasteiger partial charge in [-0.05, 0) is 38.8 Å². The zero-order valence-electron chi connectivity index (χ0n) is 12.6. The summed E-state index contributed by atoms with van der Waals surface area (Å²) in [6, 6.07) is 5.33. The van der Waals surface area contributed by atoms with Gasteiger partial charge in [-0.3, -0.25) is 0 Å². The maximum Gasteiger partial charge on any atom is 0.151 e. The SMILES string of the molecule is CC(C)n1c(C2(CN)CCOCC2)nc2c(F)cccc21. The average molecular weight is 291 g/mol. The Kier molecular flexibility index (Phi) is 3.71. The third kappa shape index (κ3) is 2.24. The number of ether oxygens (including phenoxy) is 1. The van der Waals surface area contributed by atoms with Crippen LogP contribution in [0, 0.1) is 5.82 Å². The molecule has 3 rings (SSSR count). The summed E-state index contributed by atoms with van der Waals surface area (Å²) < 4.78 is 21.7. The van der Waals surface area contributed by atoms with Crippen LogP contribution in [0.25, 0.3) is 11.0 Å². The van der Waals surface area contributed by atoms with Gasteiger partial charge in [0.1, 0.15) is 11.3 Å². The van der Waals surface area contributed by atoms with E-state index < -0.39 is 0 Å². The standard InChI is InChI=1S/C16H22FN3O/c1-11(2)20-13-5-3-4-12(17)14(13)19-15(20)16(10-18)6-8-21-9-7-16/h3-5,11H,6-10,18H2,1-2H3. The van der Waals surface area contributed by atoms with Gasteiger partial charge in [-0.25, -0.2) is 9.37 Å². The number of imidazole rings is 1. The first-order valence-electron chi connectivity index (χ1n) is 7.54. The number of nitrogens with two attached hydrogens (primary N) is 1. The smallest absolute Gasteiger partial charge is 0.151 e. The summed E-state index contributed by atoms with van der Waals surface area (Å²) in [7, 11) is 0. The van der Waals surface area contributed by atoms with E-state index in [9.17, 15) is 4.39 Å². The van der Waals surface area contributed by atoms with Crippen LogP contribution >= 0.6 is 0 Å². The van der Waals surface area contributed by atoms with Gasteiger partial charge in [0.05, 0.1) is 5.52 Å². The van der Waals surface area contributed by atoms with Gasteiger partial charge in [0.15, 0.2) is 5.82 Å². The number of hydrogen-bond donors (Lipinski definition) is 1. The summed E-state index contributed by atoms with van der Waals surface area (Å²) >= 11 is 0. The van der Waals surface area contributed by atoms with E-state index in [1.165, 1.54) is 6.07 Å². The van der Waals surface area contributed by atoms with E-state index in [1.807, 2.05) is 6.07 Å². The number of halogens is 1. The molecule has 0 unspecified atom stereocenters.